The molecule has 2 aromatic carbocycles. The van der Waals surface area contributed by atoms with Gasteiger partial charge in [-0.2, -0.15) is 0 Å². The Labute approximate surface area is 238 Å². The van der Waals surface area contributed by atoms with Crippen LogP contribution in [0.3, 0.4) is 0 Å². The second-order valence-electron chi connectivity index (χ2n) is 11.1. The van der Waals surface area contributed by atoms with Crippen LogP contribution >= 0.6 is 0 Å². The lowest BCUT2D eigenvalue weighted by atomic mass is 9.94. The number of aromatic nitrogens is 3. The molecule has 0 radical (unpaired) electrons. The monoisotopic (exact) mass is 564 g/mol. The quantitative estimate of drug-likeness (QED) is 0.364. The first-order valence-corrected chi connectivity index (χ1v) is 13.9. The maximum Gasteiger partial charge on any atom is 0.407 e. The lowest BCUT2D eigenvalue weighted by Gasteiger charge is -2.41. The van der Waals surface area contributed by atoms with Gasteiger partial charge in [-0.05, 0) is 61.6 Å². The lowest BCUT2D eigenvalue weighted by molar-refractivity contribution is -0.138. The summed E-state index contributed by atoms with van der Waals surface area (Å²) >= 11 is 0. The third-order valence-corrected chi connectivity index (χ3v) is 8.16. The normalized spacial score (nSPS) is 18.2. The number of amides is 2. The van der Waals surface area contributed by atoms with Crippen molar-refractivity contribution in [1.29, 1.82) is 0 Å². The van der Waals surface area contributed by atoms with Gasteiger partial charge in [-0.1, -0.05) is 18.9 Å². The summed E-state index contributed by atoms with van der Waals surface area (Å²) < 4.78 is 1.44. The highest BCUT2D eigenvalue weighted by atomic mass is 16.4. The molecule has 2 amide bonds. The van der Waals surface area contributed by atoms with E-state index in [1.807, 2.05) is 45.0 Å². The number of nitrogens with zero attached hydrogens (tertiary/aromatic N) is 6. The van der Waals surface area contributed by atoms with Gasteiger partial charge in [-0.25, -0.2) is 9.36 Å². The average molecular weight is 565 g/mol. The fourth-order valence-electron chi connectivity index (χ4n) is 5.82. The Morgan fingerprint density at radius 3 is 2.17 bits per heavy atom. The minimum atomic E-state index is -0.946. The Kier molecular flexibility index (Phi) is 7.65. The molecular formula is C29H36N6O6. The van der Waals surface area contributed by atoms with Crippen LogP contribution in [0.25, 0.3) is 17.1 Å². The van der Waals surface area contributed by atoms with E-state index in [2.05, 4.69) is 15.1 Å². The summed E-state index contributed by atoms with van der Waals surface area (Å²) in [6.07, 6.45) is 0.476. The number of hydrogen-bond acceptors (Lipinski definition) is 8. The van der Waals surface area contributed by atoms with E-state index in [9.17, 15) is 30.0 Å². The second-order valence-corrected chi connectivity index (χ2v) is 11.1. The Hall–Kier alpha value is -4.48. The molecule has 1 aromatic heterocycles. The zero-order chi connectivity index (χ0) is 29.4. The van der Waals surface area contributed by atoms with E-state index >= 15 is 0 Å². The maximum absolute atomic E-state index is 13.1. The van der Waals surface area contributed by atoms with Crippen molar-refractivity contribution in [3.63, 3.8) is 0 Å². The molecule has 12 nitrogen and oxygen atoms in total. The average Bonchev–Trinajstić information content (AvgIpc) is 3.33. The number of carbonyl (C=O) groups excluding carboxylic acids is 1. The smallest absolute Gasteiger partial charge is 0.407 e. The number of carbonyl (C=O) groups is 2. The Morgan fingerprint density at radius 1 is 0.902 bits per heavy atom. The minimum absolute atomic E-state index is 0.00347. The van der Waals surface area contributed by atoms with Crippen LogP contribution in [0.15, 0.2) is 36.4 Å². The van der Waals surface area contributed by atoms with Crippen LogP contribution in [0.2, 0.25) is 0 Å². The van der Waals surface area contributed by atoms with Crippen molar-refractivity contribution in [2.75, 3.05) is 37.6 Å². The molecule has 12 heteroatoms. The minimum Gasteiger partial charge on any atom is -0.508 e. The molecule has 0 saturated carbocycles. The maximum atomic E-state index is 13.1. The number of phenols is 2. The summed E-state index contributed by atoms with van der Waals surface area (Å²) in [6, 6.07) is 9.92. The fourth-order valence-corrected chi connectivity index (χ4v) is 5.82. The molecule has 2 aliphatic rings. The molecule has 2 fully saturated rings. The summed E-state index contributed by atoms with van der Waals surface area (Å²) in [5, 5.41) is 48.5. The van der Waals surface area contributed by atoms with Crippen molar-refractivity contribution < 1.29 is 30.0 Å². The summed E-state index contributed by atoms with van der Waals surface area (Å²) in [7, 11) is 0. The number of rotatable bonds is 5. The van der Waals surface area contributed by atoms with Crippen molar-refractivity contribution in [3.05, 3.63) is 42.0 Å². The first kappa shape index (κ1) is 28.1. The van der Waals surface area contributed by atoms with Gasteiger partial charge in [0.2, 0.25) is 5.91 Å². The molecule has 2 aliphatic heterocycles. The van der Waals surface area contributed by atoms with Gasteiger partial charge in [0.1, 0.15) is 11.5 Å². The number of carboxylic acid groups (broad SMARTS) is 1. The largest absolute Gasteiger partial charge is 0.508 e. The standard InChI is InChI=1S/C29H36N6O6/c1-17(2)22-14-23(25(37)15-24(22)36)26-30-31-28(39)35(26)21-6-4-20(5-7-21)32-10-8-19(9-11-32)27(38)33-12-13-34(29(40)41)18(3)16-33/h4-7,14-15,17-19,36-37H,8-13,16H2,1-3H3,(H,31,39)(H,40,41). The van der Waals surface area contributed by atoms with E-state index in [0.29, 0.717) is 62.4 Å². The van der Waals surface area contributed by atoms with Crippen LogP contribution in [-0.2, 0) is 4.79 Å². The van der Waals surface area contributed by atoms with Crippen LogP contribution in [0.1, 0.15) is 45.1 Å². The van der Waals surface area contributed by atoms with Crippen molar-refractivity contribution >= 4 is 17.7 Å². The molecule has 3 aromatic rings. The SMILES string of the molecule is CC(C)c1cc(-c2nnc(O)n2-c2ccc(N3CCC(C(=O)N4CCN(C(=O)O)C(C)C4)CC3)cc2)c(O)cc1O. The Balaban J connectivity index is 1.27. The predicted octanol–water partition coefficient (Wildman–Crippen LogP) is 3.60. The van der Waals surface area contributed by atoms with E-state index in [4.69, 9.17) is 0 Å². The van der Waals surface area contributed by atoms with E-state index < -0.39 is 6.09 Å². The van der Waals surface area contributed by atoms with Crippen molar-refractivity contribution in [2.45, 2.75) is 45.6 Å². The Bertz CT molecular complexity index is 1430. The lowest BCUT2D eigenvalue weighted by Crippen LogP contribution is -2.56. The highest BCUT2D eigenvalue weighted by molar-refractivity contribution is 5.80. The zero-order valence-electron chi connectivity index (χ0n) is 23.4. The van der Waals surface area contributed by atoms with E-state index in [0.717, 1.165) is 5.69 Å². The number of benzene rings is 2. The Morgan fingerprint density at radius 2 is 1.56 bits per heavy atom. The fraction of sp³-hybridized carbons (Fsp3) is 0.448. The highest BCUT2D eigenvalue weighted by Crippen LogP contribution is 2.39. The number of hydrogen-bond donors (Lipinski definition) is 4. The van der Waals surface area contributed by atoms with Crippen molar-refractivity contribution in [2.24, 2.45) is 5.92 Å². The first-order valence-electron chi connectivity index (χ1n) is 13.9. The molecule has 41 heavy (non-hydrogen) atoms. The van der Waals surface area contributed by atoms with Gasteiger partial charge in [0.15, 0.2) is 5.82 Å². The number of phenolic OH excluding ortho intramolecular Hbond substituents is 2. The zero-order valence-corrected chi connectivity index (χ0v) is 23.4. The van der Waals surface area contributed by atoms with Crippen LogP contribution in [0.4, 0.5) is 10.5 Å². The summed E-state index contributed by atoms with van der Waals surface area (Å²) in [5.41, 5.74) is 2.56. The van der Waals surface area contributed by atoms with Crippen LogP contribution < -0.4 is 4.90 Å². The topological polar surface area (TPSA) is 155 Å². The molecule has 4 N–H and O–H groups in total. The molecule has 0 aliphatic carbocycles. The number of anilines is 1. The van der Waals surface area contributed by atoms with Crippen LogP contribution in [0.5, 0.6) is 17.5 Å². The van der Waals surface area contributed by atoms with Crippen molar-refractivity contribution in [1.82, 2.24) is 24.6 Å². The van der Waals surface area contributed by atoms with Gasteiger partial charge in [0.25, 0.3) is 0 Å². The van der Waals surface area contributed by atoms with E-state index in [1.54, 1.807) is 11.0 Å². The molecule has 3 heterocycles. The first-order chi connectivity index (χ1) is 19.5. The van der Waals surface area contributed by atoms with Gasteiger partial charge in [-0.15, -0.1) is 5.10 Å². The third-order valence-electron chi connectivity index (χ3n) is 8.16. The molecule has 5 rings (SSSR count). The highest BCUT2D eigenvalue weighted by Gasteiger charge is 2.34. The van der Waals surface area contributed by atoms with Gasteiger partial charge in [0.05, 0.1) is 11.3 Å². The molecule has 1 atom stereocenters. The number of piperazine rings is 1. The summed E-state index contributed by atoms with van der Waals surface area (Å²) in [4.78, 5) is 29.9. The molecule has 0 spiro atoms. The number of piperidine rings is 1. The van der Waals surface area contributed by atoms with Gasteiger partial charge in [0, 0.05) is 56.4 Å². The molecular weight excluding hydrogens is 528 g/mol. The van der Waals surface area contributed by atoms with Gasteiger partial charge >= 0.3 is 12.1 Å². The molecule has 2 saturated heterocycles. The van der Waals surface area contributed by atoms with Crippen LogP contribution in [0, 0.1) is 5.92 Å². The molecule has 0 bridgehead atoms. The van der Waals surface area contributed by atoms with Crippen molar-refractivity contribution in [3.8, 4) is 34.6 Å². The van der Waals surface area contributed by atoms with E-state index in [-0.39, 0.29) is 47.1 Å². The third kappa shape index (κ3) is 5.46. The summed E-state index contributed by atoms with van der Waals surface area (Å²) in [6.45, 7) is 8.30. The van der Waals surface area contributed by atoms with E-state index in [1.165, 1.54) is 15.5 Å². The van der Waals surface area contributed by atoms with Gasteiger partial charge < -0.3 is 35.1 Å². The second kappa shape index (κ2) is 11.2. The van der Waals surface area contributed by atoms with Gasteiger partial charge in [-0.3, -0.25) is 4.79 Å². The summed E-state index contributed by atoms with van der Waals surface area (Å²) in [5.74, 6) is 0.0793. The predicted molar refractivity (Wildman–Crippen MR) is 152 cm³/mol. The molecule has 218 valence electrons. The van der Waals surface area contributed by atoms with Crippen LogP contribution in [-0.4, -0.2) is 95.8 Å². The number of aromatic hydroxyl groups is 3. The molecule has 1 unspecified atom stereocenters.